The van der Waals surface area contributed by atoms with Gasteiger partial charge in [0.2, 0.25) is 0 Å². The van der Waals surface area contributed by atoms with Crippen molar-refractivity contribution in [1.82, 2.24) is 0 Å². The highest BCUT2D eigenvalue weighted by molar-refractivity contribution is 6.46. The Labute approximate surface area is 186 Å². The lowest BCUT2D eigenvalue weighted by Gasteiger charge is -2.21. The molecule has 6 heteroatoms. The smallest absolute Gasteiger partial charge is 0.282 e. The number of amides is 2. The van der Waals surface area contributed by atoms with Gasteiger partial charge in [0.25, 0.3) is 11.8 Å². The number of rotatable bonds is 7. The molecule has 0 saturated heterocycles. The zero-order valence-electron chi connectivity index (χ0n) is 18.0. The molecule has 162 valence electrons. The van der Waals surface area contributed by atoms with E-state index in [1.165, 1.54) is 18.2 Å². The predicted molar refractivity (Wildman–Crippen MR) is 126 cm³/mol. The van der Waals surface area contributed by atoms with E-state index in [0.717, 1.165) is 23.7 Å². The zero-order valence-corrected chi connectivity index (χ0v) is 18.0. The largest absolute Gasteiger partial charge is 0.372 e. The van der Waals surface area contributed by atoms with Crippen LogP contribution in [0.2, 0.25) is 0 Å². The van der Waals surface area contributed by atoms with E-state index in [1.807, 2.05) is 30.3 Å². The highest BCUT2D eigenvalue weighted by Gasteiger charge is 2.41. The molecule has 3 aromatic carbocycles. The minimum Gasteiger partial charge on any atom is -0.372 e. The van der Waals surface area contributed by atoms with Crippen LogP contribution in [0.5, 0.6) is 0 Å². The summed E-state index contributed by atoms with van der Waals surface area (Å²) in [6, 6.07) is 22.4. The number of nitrogens with one attached hydrogen (secondary N) is 1. The van der Waals surface area contributed by atoms with Crippen LogP contribution in [0, 0.1) is 5.82 Å². The van der Waals surface area contributed by atoms with Crippen LogP contribution in [0.25, 0.3) is 5.57 Å². The lowest BCUT2D eigenvalue weighted by molar-refractivity contribution is -0.120. The number of carbonyl (C=O) groups is 2. The zero-order chi connectivity index (χ0) is 22.7. The molecule has 1 N–H and O–H groups in total. The summed E-state index contributed by atoms with van der Waals surface area (Å²) in [6.45, 7) is 5.95. The number of halogens is 1. The van der Waals surface area contributed by atoms with Crippen molar-refractivity contribution < 1.29 is 14.0 Å². The van der Waals surface area contributed by atoms with E-state index in [-0.39, 0.29) is 17.0 Å². The van der Waals surface area contributed by atoms with Crippen molar-refractivity contribution in [2.45, 2.75) is 13.8 Å². The molecule has 2 amide bonds. The van der Waals surface area contributed by atoms with Crippen LogP contribution in [0.4, 0.5) is 21.5 Å². The Morgan fingerprint density at radius 2 is 1.44 bits per heavy atom. The average Bonchev–Trinajstić information content (AvgIpc) is 3.06. The number of nitrogens with zero attached hydrogens (tertiary/aromatic N) is 2. The number of hydrogen-bond acceptors (Lipinski definition) is 4. The Hall–Kier alpha value is -3.93. The topological polar surface area (TPSA) is 52.7 Å². The SMILES string of the molecule is CCN(CC)c1ccc(NC2=C(c3ccccc3)C(=O)N(c3ccccc3F)C2=O)cc1. The molecule has 0 unspecified atom stereocenters. The quantitative estimate of drug-likeness (QED) is 0.533. The monoisotopic (exact) mass is 429 g/mol. The minimum absolute atomic E-state index is 0.0652. The molecule has 5 nitrogen and oxygen atoms in total. The Kier molecular flexibility index (Phi) is 6.03. The Morgan fingerprint density at radius 3 is 2.06 bits per heavy atom. The fraction of sp³-hybridized carbons (Fsp3) is 0.154. The lowest BCUT2D eigenvalue weighted by Crippen LogP contribution is -2.33. The van der Waals surface area contributed by atoms with Crippen LogP contribution in [0.15, 0.2) is 84.6 Å². The first-order valence-corrected chi connectivity index (χ1v) is 10.6. The summed E-state index contributed by atoms with van der Waals surface area (Å²) in [7, 11) is 0. The third kappa shape index (κ3) is 3.87. The third-order valence-corrected chi connectivity index (χ3v) is 5.50. The molecule has 32 heavy (non-hydrogen) atoms. The van der Waals surface area contributed by atoms with Crippen molar-refractivity contribution in [2.24, 2.45) is 0 Å². The maximum Gasteiger partial charge on any atom is 0.282 e. The molecule has 0 fully saturated rings. The molecule has 4 rings (SSSR count). The van der Waals surface area contributed by atoms with Gasteiger partial charge in [-0.25, -0.2) is 9.29 Å². The van der Waals surface area contributed by atoms with Crippen molar-refractivity contribution in [1.29, 1.82) is 0 Å². The van der Waals surface area contributed by atoms with E-state index in [9.17, 15) is 14.0 Å². The molecule has 0 saturated carbocycles. The first-order valence-electron chi connectivity index (χ1n) is 10.6. The molecule has 1 heterocycles. The predicted octanol–water partition coefficient (Wildman–Crippen LogP) is 5.07. The maximum atomic E-state index is 14.5. The third-order valence-electron chi connectivity index (χ3n) is 5.50. The van der Waals surface area contributed by atoms with Crippen molar-refractivity contribution in [3.8, 4) is 0 Å². The van der Waals surface area contributed by atoms with Gasteiger partial charge in [0.1, 0.15) is 11.5 Å². The van der Waals surface area contributed by atoms with Crippen LogP contribution >= 0.6 is 0 Å². The molecule has 0 atom stereocenters. The van der Waals surface area contributed by atoms with Gasteiger partial charge in [-0.3, -0.25) is 9.59 Å². The summed E-state index contributed by atoms with van der Waals surface area (Å²) < 4.78 is 14.5. The normalized spacial score (nSPS) is 13.7. The summed E-state index contributed by atoms with van der Waals surface area (Å²) >= 11 is 0. The summed E-state index contributed by atoms with van der Waals surface area (Å²) in [4.78, 5) is 29.8. The van der Waals surface area contributed by atoms with Crippen LogP contribution < -0.4 is 15.1 Å². The summed E-state index contributed by atoms with van der Waals surface area (Å²) in [6.07, 6.45) is 0. The van der Waals surface area contributed by atoms with Crippen molar-refractivity contribution in [3.63, 3.8) is 0 Å². The Bertz CT molecular complexity index is 1170. The van der Waals surface area contributed by atoms with Crippen molar-refractivity contribution in [2.75, 3.05) is 28.2 Å². The number of hydrogen-bond donors (Lipinski definition) is 1. The Morgan fingerprint density at radius 1 is 0.812 bits per heavy atom. The van der Waals surface area contributed by atoms with Gasteiger partial charge in [0.15, 0.2) is 0 Å². The van der Waals surface area contributed by atoms with Crippen LogP contribution in [-0.4, -0.2) is 24.9 Å². The molecular weight excluding hydrogens is 405 g/mol. The summed E-state index contributed by atoms with van der Waals surface area (Å²) in [5, 5.41) is 3.12. The van der Waals surface area contributed by atoms with Gasteiger partial charge in [-0.15, -0.1) is 0 Å². The highest BCUT2D eigenvalue weighted by atomic mass is 19.1. The second kappa shape index (κ2) is 9.06. The van der Waals surface area contributed by atoms with Gasteiger partial charge in [0.05, 0.1) is 11.3 Å². The molecule has 0 bridgehead atoms. The van der Waals surface area contributed by atoms with Gasteiger partial charge < -0.3 is 10.2 Å². The van der Waals surface area contributed by atoms with E-state index in [2.05, 4.69) is 24.1 Å². The van der Waals surface area contributed by atoms with E-state index in [4.69, 9.17) is 0 Å². The van der Waals surface area contributed by atoms with Crippen LogP contribution in [0.1, 0.15) is 19.4 Å². The highest BCUT2D eigenvalue weighted by Crippen LogP contribution is 2.34. The summed E-state index contributed by atoms with van der Waals surface area (Å²) in [5.41, 5.74) is 2.60. The molecule has 0 aromatic heterocycles. The van der Waals surface area contributed by atoms with E-state index in [1.54, 1.807) is 30.3 Å². The van der Waals surface area contributed by atoms with Crippen LogP contribution in [-0.2, 0) is 9.59 Å². The molecule has 3 aromatic rings. The fourth-order valence-corrected chi connectivity index (χ4v) is 3.86. The van der Waals surface area contributed by atoms with Crippen LogP contribution in [0.3, 0.4) is 0 Å². The Balaban J connectivity index is 1.74. The standard InChI is InChI=1S/C26H24FN3O2/c1-3-29(4-2)20-16-14-19(15-17-20)28-24-23(18-10-6-5-7-11-18)25(31)30(26(24)32)22-13-9-8-12-21(22)27/h5-17,28H,3-4H2,1-2H3. The van der Waals surface area contributed by atoms with E-state index < -0.39 is 17.6 Å². The lowest BCUT2D eigenvalue weighted by atomic mass is 10.0. The molecule has 0 radical (unpaired) electrons. The number of anilines is 3. The fourth-order valence-electron chi connectivity index (χ4n) is 3.86. The molecule has 1 aliphatic heterocycles. The summed E-state index contributed by atoms with van der Waals surface area (Å²) in [5.74, 6) is -1.79. The van der Waals surface area contributed by atoms with Crippen molar-refractivity contribution in [3.05, 3.63) is 95.9 Å². The number of para-hydroxylation sites is 1. The minimum atomic E-state index is -0.633. The average molecular weight is 429 g/mol. The molecule has 0 aliphatic carbocycles. The first-order chi connectivity index (χ1) is 15.5. The van der Waals surface area contributed by atoms with Gasteiger partial charge in [0, 0.05) is 24.5 Å². The molecule has 1 aliphatic rings. The van der Waals surface area contributed by atoms with Crippen molar-refractivity contribution >= 4 is 34.4 Å². The first kappa shape index (κ1) is 21.3. The van der Waals surface area contributed by atoms with Gasteiger partial charge in [-0.2, -0.15) is 0 Å². The van der Waals surface area contributed by atoms with E-state index in [0.29, 0.717) is 11.3 Å². The van der Waals surface area contributed by atoms with Gasteiger partial charge in [-0.05, 0) is 55.8 Å². The maximum absolute atomic E-state index is 14.5. The second-order valence-electron chi connectivity index (χ2n) is 7.36. The number of benzene rings is 3. The number of imide groups is 1. The van der Waals surface area contributed by atoms with E-state index >= 15 is 0 Å². The number of carbonyl (C=O) groups excluding carboxylic acids is 2. The molecule has 0 spiro atoms. The second-order valence-corrected chi connectivity index (χ2v) is 7.36. The van der Waals surface area contributed by atoms with Gasteiger partial charge in [-0.1, -0.05) is 42.5 Å². The molecular formula is C26H24FN3O2. The van der Waals surface area contributed by atoms with Gasteiger partial charge >= 0.3 is 0 Å².